The highest BCUT2D eigenvalue weighted by atomic mass is 15.2. The summed E-state index contributed by atoms with van der Waals surface area (Å²) >= 11 is 0. The minimum atomic E-state index is 0.781. The van der Waals surface area contributed by atoms with Crippen LogP contribution >= 0.6 is 0 Å². The molecule has 3 unspecified atom stereocenters. The summed E-state index contributed by atoms with van der Waals surface area (Å²) in [4.78, 5) is 5.42. The van der Waals surface area contributed by atoms with E-state index < -0.39 is 0 Å². The molecular formula is C17H33N3. The Kier molecular flexibility index (Phi) is 5.36. The molecule has 3 rings (SSSR count). The van der Waals surface area contributed by atoms with E-state index >= 15 is 0 Å². The molecule has 3 fully saturated rings. The van der Waals surface area contributed by atoms with E-state index in [2.05, 4.69) is 22.0 Å². The highest BCUT2D eigenvalue weighted by Gasteiger charge is 2.36. The van der Waals surface area contributed by atoms with Crippen LogP contribution in [0.25, 0.3) is 0 Å². The summed E-state index contributed by atoms with van der Waals surface area (Å²) in [6.07, 6.45) is 11.2. The average molecular weight is 279 g/mol. The maximum Gasteiger partial charge on any atom is 0.0249 e. The van der Waals surface area contributed by atoms with Crippen molar-refractivity contribution in [3.8, 4) is 0 Å². The number of nitrogens with one attached hydrogen (secondary N) is 1. The van der Waals surface area contributed by atoms with Gasteiger partial charge in [0.25, 0.3) is 0 Å². The van der Waals surface area contributed by atoms with Gasteiger partial charge < -0.3 is 10.2 Å². The first kappa shape index (κ1) is 14.8. The first-order valence-corrected chi connectivity index (χ1v) is 9.09. The lowest BCUT2D eigenvalue weighted by Crippen LogP contribution is -2.48. The van der Waals surface area contributed by atoms with E-state index in [0.717, 1.165) is 18.1 Å². The van der Waals surface area contributed by atoms with E-state index in [0.29, 0.717) is 0 Å². The van der Waals surface area contributed by atoms with Crippen molar-refractivity contribution in [3.63, 3.8) is 0 Å². The van der Waals surface area contributed by atoms with E-state index in [4.69, 9.17) is 0 Å². The lowest BCUT2D eigenvalue weighted by atomic mass is 9.97. The number of nitrogens with zero attached hydrogens (tertiary/aromatic N) is 2. The maximum absolute atomic E-state index is 4.05. The van der Waals surface area contributed by atoms with E-state index in [9.17, 15) is 0 Å². The molecule has 0 aromatic rings. The van der Waals surface area contributed by atoms with Crippen LogP contribution in [-0.4, -0.2) is 60.6 Å². The minimum absolute atomic E-state index is 0.781. The van der Waals surface area contributed by atoms with Gasteiger partial charge in [-0.2, -0.15) is 0 Å². The third kappa shape index (κ3) is 3.55. The van der Waals surface area contributed by atoms with Crippen LogP contribution < -0.4 is 5.32 Å². The van der Waals surface area contributed by atoms with Gasteiger partial charge in [-0.1, -0.05) is 13.3 Å². The van der Waals surface area contributed by atoms with Crippen molar-refractivity contribution in [1.29, 1.82) is 0 Å². The molecule has 3 aliphatic heterocycles. The first-order valence-electron chi connectivity index (χ1n) is 9.09. The summed E-state index contributed by atoms with van der Waals surface area (Å²) in [5, 5.41) is 4.05. The number of fused-ring (bicyclic) bond motifs is 1. The molecule has 3 saturated heterocycles. The standard InChI is InChI=1S/C17H33N3/c1-2-10-19-11-5-6-15(8-13-19)18-16-9-14-20-12-4-3-7-17(16)20/h15-18H,2-14H2,1H3. The fraction of sp³-hybridized carbons (Fsp3) is 1.00. The molecule has 3 aliphatic rings. The molecule has 20 heavy (non-hydrogen) atoms. The molecule has 1 N–H and O–H groups in total. The largest absolute Gasteiger partial charge is 0.310 e. The second kappa shape index (κ2) is 7.24. The molecule has 0 spiro atoms. The summed E-state index contributed by atoms with van der Waals surface area (Å²) in [5.41, 5.74) is 0. The predicted octanol–water partition coefficient (Wildman–Crippen LogP) is 2.47. The van der Waals surface area contributed by atoms with Crippen LogP contribution in [0.3, 0.4) is 0 Å². The normalized spacial score (nSPS) is 36.8. The van der Waals surface area contributed by atoms with Crippen molar-refractivity contribution in [2.45, 2.75) is 76.4 Å². The Bertz CT molecular complexity index is 294. The van der Waals surface area contributed by atoms with Crippen LogP contribution in [0.5, 0.6) is 0 Å². The third-order valence-electron chi connectivity index (χ3n) is 5.67. The van der Waals surface area contributed by atoms with Gasteiger partial charge in [-0.3, -0.25) is 4.90 Å². The van der Waals surface area contributed by atoms with E-state index in [1.807, 2.05) is 0 Å². The van der Waals surface area contributed by atoms with Crippen LogP contribution in [0.15, 0.2) is 0 Å². The van der Waals surface area contributed by atoms with Crippen LogP contribution in [0.4, 0.5) is 0 Å². The molecule has 3 heteroatoms. The SMILES string of the molecule is CCCN1CCCC(NC2CCN3CCCCC23)CC1. The van der Waals surface area contributed by atoms with Crippen LogP contribution in [-0.2, 0) is 0 Å². The van der Waals surface area contributed by atoms with Crippen molar-refractivity contribution in [2.24, 2.45) is 0 Å². The first-order chi connectivity index (χ1) is 9.86. The van der Waals surface area contributed by atoms with Crippen molar-refractivity contribution >= 4 is 0 Å². The van der Waals surface area contributed by atoms with Gasteiger partial charge >= 0.3 is 0 Å². The topological polar surface area (TPSA) is 18.5 Å². The Labute approximate surface area is 125 Å². The van der Waals surface area contributed by atoms with E-state index in [1.54, 1.807) is 0 Å². The van der Waals surface area contributed by atoms with Crippen LogP contribution in [0.2, 0.25) is 0 Å². The van der Waals surface area contributed by atoms with Gasteiger partial charge in [0.2, 0.25) is 0 Å². The second-order valence-electron chi connectivity index (χ2n) is 7.13. The van der Waals surface area contributed by atoms with Crippen molar-refractivity contribution in [3.05, 3.63) is 0 Å². The number of likely N-dealkylation sites (tertiary alicyclic amines) is 1. The average Bonchev–Trinajstić information content (AvgIpc) is 2.74. The van der Waals surface area contributed by atoms with Gasteiger partial charge in [-0.05, 0) is 71.1 Å². The lowest BCUT2D eigenvalue weighted by Gasteiger charge is -2.34. The van der Waals surface area contributed by atoms with Crippen LogP contribution in [0.1, 0.15) is 58.3 Å². The number of hydrogen-bond acceptors (Lipinski definition) is 3. The molecule has 116 valence electrons. The highest BCUT2D eigenvalue weighted by molar-refractivity contribution is 4.95. The summed E-state index contributed by atoms with van der Waals surface area (Å²) in [7, 11) is 0. The van der Waals surface area contributed by atoms with Gasteiger partial charge in [-0.25, -0.2) is 0 Å². The van der Waals surface area contributed by atoms with Crippen molar-refractivity contribution in [2.75, 3.05) is 32.7 Å². The summed E-state index contributed by atoms with van der Waals surface area (Å²) in [6, 6.07) is 2.43. The zero-order chi connectivity index (χ0) is 13.8. The molecule has 0 aromatic carbocycles. The smallest absolute Gasteiger partial charge is 0.0249 e. The van der Waals surface area contributed by atoms with E-state index in [-0.39, 0.29) is 0 Å². The predicted molar refractivity (Wildman–Crippen MR) is 85.1 cm³/mol. The Morgan fingerprint density at radius 2 is 1.85 bits per heavy atom. The highest BCUT2D eigenvalue weighted by Crippen LogP contribution is 2.28. The summed E-state index contributed by atoms with van der Waals surface area (Å²) in [5.74, 6) is 0. The molecular weight excluding hydrogens is 246 g/mol. The third-order valence-corrected chi connectivity index (χ3v) is 5.67. The van der Waals surface area contributed by atoms with Crippen molar-refractivity contribution in [1.82, 2.24) is 15.1 Å². The fourth-order valence-corrected chi connectivity index (χ4v) is 4.61. The van der Waals surface area contributed by atoms with Gasteiger partial charge in [-0.15, -0.1) is 0 Å². The molecule has 0 aromatic heterocycles. The zero-order valence-electron chi connectivity index (χ0n) is 13.3. The molecule has 0 amide bonds. The Morgan fingerprint density at radius 3 is 2.75 bits per heavy atom. The number of hydrogen-bond donors (Lipinski definition) is 1. The molecule has 3 atom stereocenters. The zero-order valence-corrected chi connectivity index (χ0v) is 13.3. The number of rotatable bonds is 4. The monoisotopic (exact) mass is 279 g/mol. The van der Waals surface area contributed by atoms with Gasteiger partial charge in [0.15, 0.2) is 0 Å². The molecule has 3 heterocycles. The van der Waals surface area contributed by atoms with Gasteiger partial charge in [0.05, 0.1) is 0 Å². The lowest BCUT2D eigenvalue weighted by molar-refractivity contribution is 0.175. The Balaban J connectivity index is 1.48. The maximum atomic E-state index is 4.05. The molecule has 0 bridgehead atoms. The summed E-state index contributed by atoms with van der Waals surface area (Å²) in [6.45, 7) is 8.94. The molecule has 3 nitrogen and oxygen atoms in total. The van der Waals surface area contributed by atoms with Gasteiger partial charge in [0, 0.05) is 24.7 Å². The second-order valence-corrected chi connectivity index (χ2v) is 7.13. The number of piperidine rings is 1. The quantitative estimate of drug-likeness (QED) is 0.853. The fourth-order valence-electron chi connectivity index (χ4n) is 4.61. The van der Waals surface area contributed by atoms with Gasteiger partial charge in [0.1, 0.15) is 0 Å². The molecule has 0 saturated carbocycles. The summed E-state index contributed by atoms with van der Waals surface area (Å²) < 4.78 is 0. The van der Waals surface area contributed by atoms with Crippen LogP contribution in [0, 0.1) is 0 Å². The minimum Gasteiger partial charge on any atom is -0.310 e. The molecule has 0 radical (unpaired) electrons. The Hall–Kier alpha value is -0.120. The van der Waals surface area contributed by atoms with Crippen molar-refractivity contribution < 1.29 is 0 Å². The Morgan fingerprint density at radius 1 is 0.900 bits per heavy atom. The molecule has 0 aliphatic carbocycles. The van der Waals surface area contributed by atoms with E-state index in [1.165, 1.54) is 84.1 Å².